The van der Waals surface area contributed by atoms with Crippen molar-refractivity contribution in [3.63, 3.8) is 0 Å². The molecule has 5 heteroatoms. The maximum Gasteiger partial charge on any atom is 0.337 e. The number of carboxylic acid groups (broad SMARTS) is 1. The molecular weight excluding hydrogens is 230 g/mol. The van der Waals surface area contributed by atoms with Crippen molar-refractivity contribution in [3.05, 3.63) is 47.1 Å². The zero-order valence-corrected chi connectivity index (χ0v) is 8.85. The van der Waals surface area contributed by atoms with Crippen LogP contribution in [0.3, 0.4) is 0 Å². The molecule has 1 heterocycles. The van der Waals surface area contributed by atoms with Crippen LogP contribution in [-0.2, 0) is 0 Å². The Hall–Kier alpha value is -1.94. The van der Waals surface area contributed by atoms with E-state index in [0.717, 1.165) is 10.9 Å². The molecule has 0 saturated carbocycles. The van der Waals surface area contributed by atoms with E-state index in [4.69, 9.17) is 16.7 Å². The van der Waals surface area contributed by atoms with E-state index in [9.17, 15) is 10.0 Å². The Bertz CT molecular complexity index is 531. The Morgan fingerprint density at radius 1 is 1.25 bits per heavy atom. The van der Waals surface area contributed by atoms with Crippen LogP contribution in [0.4, 0.5) is 0 Å². The lowest BCUT2D eigenvalue weighted by Gasteiger charge is -2.01. The van der Waals surface area contributed by atoms with Gasteiger partial charge in [0.15, 0.2) is 0 Å². The van der Waals surface area contributed by atoms with Gasteiger partial charge in [0, 0.05) is 10.6 Å². The van der Waals surface area contributed by atoms with Crippen LogP contribution in [0.15, 0.2) is 36.5 Å². The first-order valence-corrected chi connectivity index (χ1v) is 4.86. The van der Waals surface area contributed by atoms with E-state index in [1.165, 1.54) is 6.07 Å². The van der Waals surface area contributed by atoms with Crippen molar-refractivity contribution in [3.8, 4) is 11.3 Å². The minimum Gasteiger partial charge on any atom is -0.478 e. The SMILES string of the molecule is O=C(O)c1cc(-c2ccc(Cl)cc2)n(O)c1. The molecule has 4 nitrogen and oxygen atoms in total. The summed E-state index contributed by atoms with van der Waals surface area (Å²) in [6.07, 6.45) is 1.15. The molecular formula is C11H8ClNO3. The lowest BCUT2D eigenvalue weighted by Crippen LogP contribution is -1.93. The van der Waals surface area contributed by atoms with Crippen molar-refractivity contribution < 1.29 is 15.1 Å². The monoisotopic (exact) mass is 237 g/mol. The highest BCUT2D eigenvalue weighted by Crippen LogP contribution is 2.23. The van der Waals surface area contributed by atoms with Gasteiger partial charge >= 0.3 is 5.97 Å². The van der Waals surface area contributed by atoms with E-state index in [1.807, 2.05) is 0 Å². The van der Waals surface area contributed by atoms with E-state index in [1.54, 1.807) is 24.3 Å². The minimum absolute atomic E-state index is 0.0347. The Balaban J connectivity index is 2.47. The van der Waals surface area contributed by atoms with E-state index in [2.05, 4.69) is 0 Å². The number of halogens is 1. The number of carbonyl (C=O) groups is 1. The summed E-state index contributed by atoms with van der Waals surface area (Å²) >= 11 is 5.73. The van der Waals surface area contributed by atoms with Gasteiger partial charge in [-0.3, -0.25) is 0 Å². The molecule has 0 aliphatic rings. The quantitative estimate of drug-likeness (QED) is 0.790. The number of rotatable bonds is 2. The van der Waals surface area contributed by atoms with Gasteiger partial charge in [0.05, 0.1) is 17.5 Å². The summed E-state index contributed by atoms with van der Waals surface area (Å²) in [5, 5.41) is 18.9. The minimum atomic E-state index is -1.08. The highest BCUT2D eigenvalue weighted by molar-refractivity contribution is 6.30. The number of hydrogen-bond acceptors (Lipinski definition) is 2. The van der Waals surface area contributed by atoms with Crippen LogP contribution in [0.25, 0.3) is 11.3 Å². The van der Waals surface area contributed by atoms with Crippen molar-refractivity contribution in [2.45, 2.75) is 0 Å². The van der Waals surface area contributed by atoms with Crippen LogP contribution in [0.2, 0.25) is 5.02 Å². The summed E-state index contributed by atoms with van der Waals surface area (Å²) in [7, 11) is 0. The maximum absolute atomic E-state index is 10.7. The molecule has 2 aromatic rings. The molecule has 16 heavy (non-hydrogen) atoms. The number of carboxylic acids is 1. The highest BCUT2D eigenvalue weighted by atomic mass is 35.5. The van der Waals surface area contributed by atoms with Crippen LogP contribution in [0.5, 0.6) is 0 Å². The fourth-order valence-corrected chi connectivity index (χ4v) is 1.53. The van der Waals surface area contributed by atoms with Crippen molar-refractivity contribution in [2.75, 3.05) is 0 Å². The fraction of sp³-hybridized carbons (Fsp3) is 0. The molecule has 0 spiro atoms. The van der Waals surface area contributed by atoms with Crippen molar-refractivity contribution in [1.29, 1.82) is 0 Å². The third-order valence-corrected chi connectivity index (χ3v) is 2.44. The average Bonchev–Trinajstić information content (AvgIpc) is 2.62. The van der Waals surface area contributed by atoms with E-state index in [-0.39, 0.29) is 5.56 Å². The molecule has 0 radical (unpaired) electrons. The van der Waals surface area contributed by atoms with Crippen molar-refractivity contribution >= 4 is 17.6 Å². The largest absolute Gasteiger partial charge is 0.478 e. The molecule has 2 rings (SSSR count). The predicted octanol–water partition coefficient (Wildman–Crippen LogP) is 2.74. The van der Waals surface area contributed by atoms with Gasteiger partial charge < -0.3 is 10.3 Å². The lowest BCUT2D eigenvalue weighted by atomic mass is 10.1. The molecule has 0 fully saturated rings. The molecule has 0 bridgehead atoms. The summed E-state index contributed by atoms with van der Waals surface area (Å²) in [5.74, 6) is -1.08. The van der Waals surface area contributed by atoms with E-state index >= 15 is 0 Å². The van der Waals surface area contributed by atoms with Crippen LogP contribution >= 0.6 is 11.6 Å². The Kier molecular flexibility index (Phi) is 2.58. The molecule has 0 amide bonds. The summed E-state index contributed by atoms with van der Waals surface area (Å²) in [6.45, 7) is 0. The molecule has 1 aromatic heterocycles. The van der Waals surface area contributed by atoms with E-state index in [0.29, 0.717) is 16.3 Å². The number of benzene rings is 1. The number of aromatic carboxylic acids is 1. The second kappa shape index (κ2) is 3.90. The second-order valence-electron chi connectivity index (χ2n) is 3.27. The fourth-order valence-electron chi connectivity index (χ4n) is 1.41. The van der Waals surface area contributed by atoms with Crippen molar-refractivity contribution in [2.24, 2.45) is 0 Å². The molecule has 0 aliphatic heterocycles. The van der Waals surface area contributed by atoms with Gasteiger partial charge in [0.25, 0.3) is 0 Å². The van der Waals surface area contributed by atoms with Gasteiger partial charge in [-0.25, -0.2) is 4.79 Å². The zero-order chi connectivity index (χ0) is 11.7. The molecule has 0 aliphatic carbocycles. The van der Waals surface area contributed by atoms with Gasteiger partial charge in [-0.1, -0.05) is 23.7 Å². The summed E-state index contributed by atoms with van der Waals surface area (Å²) in [6, 6.07) is 8.15. The third kappa shape index (κ3) is 1.87. The first-order chi connectivity index (χ1) is 7.58. The molecule has 2 N–H and O–H groups in total. The predicted molar refractivity (Wildman–Crippen MR) is 59.0 cm³/mol. The van der Waals surface area contributed by atoms with Crippen LogP contribution in [0, 0.1) is 0 Å². The van der Waals surface area contributed by atoms with Gasteiger partial charge in [0.2, 0.25) is 0 Å². The average molecular weight is 238 g/mol. The molecule has 82 valence electrons. The Morgan fingerprint density at radius 3 is 2.38 bits per heavy atom. The van der Waals surface area contributed by atoms with Crippen LogP contribution < -0.4 is 0 Å². The van der Waals surface area contributed by atoms with Crippen molar-refractivity contribution in [1.82, 2.24) is 4.73 Å². The third-order valence-electron chi connectivity index (χ3n) is 2.19. The number of hydrogen-bond donors (Lipinski definition) is 2. The van der Waals surface area contributed by atoms with E-state index < -0.39 is 5.97 Å². The topological polar surface area (TPSA) is 62.5 Å². The van der Waals surface area contributed by atoms with Crippen LogP contribution in [0.1, 0.15) is 10.4 Å². The normalized spacial score (nSPS) is 10.3. The Morgan fingerprint density at radius 2 is 1.88 bits per heavy atom. The highest BCUT2D eigenvalue weighted by Gasteiger charge is 2.11. The lowest BCUT2D eigenvalue weighted by molar-refractivity contribution is 0.0694. The van der Waals surface area contributed by atoms with Gasteiger partial charge in [-0.05, 0) is 18.2 Å². The molecule has 0 unspecified atom stereocenters. The summed E-state index contributed by atoms with van der Waals surface area (Å²) in [4.78, 5) is 10.7. The Labute approximate surface area is 96.3 Å². The van der Waals surface area contributed by atoms with Gasteiger partial charge in [-0.15, -0.1) is 0 Å². The smallest absolute Gasteiger partial charge is 0.337 e. The number of aromatic nitrogens is 1. The summed E-state index contributed by atoms with van der Waals surface area (Å²) in [5.41, 5.74) is 1.14. The molecule has 0 saturated heterocycles. The standard InChI is InChI=1S/C11H8ClNO3/c12-9-3-1-7(2-4-9)10-5-8(11(14)15)6-13(10)16/h1-6,16H,(H,14,15). The first-order valence-electron chi connectivity index (χ1n) is 4.49. The zero-order valence-electron chi connectivity index (χ0n) is 8.09. The van der Waals surface area contributed by atoms with Gasteiger partial charge in [-0.2, -0.15) is 4.73 Å². The molecule has 1 aromatic carbocycles. The second-order valence-corrected chi connectivity index (χ2v) is 3.71. The summed E-state index contributed by atoms with van der Waals surface area (Å²) < 4.78 is 0.784. The number of nitrogens with zero attached hydrogens (tertiary/aromatic N) is 1. The first kappa shape index (κ1) is 10.6. The van der Waals surface area contributed by atoms with Gasteiger partial charge in [0.1, 0.15) is 0 Å². The molecule has 0 atom stereocenters. The van der Waals surface area contributed by atoms with Crippen LogP contribution in [-0.4, -0.2) is 21.0 Å². The maximum atomic E-state index is 10.7.